The van der Waals surface area contributed by atoms with Crippen molar-refractivity contribution in [3.63, 3.8) is 0 Å². The molecule has 0 aliphatic carbocycles. The third kappa shape index (κ3) is 5.94. The molecule has 0 aliphatic rings. The molecule has 33 heavy (non-hydrogen) atoms. The van der Waals surface area contributed by atoms with Crippen LogP contribution in [0.5, 0.6) is 11.5 Å². The van der Waals surface area contributed by atoms with E-state index in [0.29, 0.717) is 29.0 Å². The van der Waals surface area contributed by atoms with Crippen molar-refractivity contribution in [3.05, 3.63) is 100 Å². The molecule has 0 N–H and O–H groups in total. The number of nitrogens with zero attached hydrogens (tertiary/aromatic N) is 4. The van der Waals surface area contributed by atoms with Crippen molar-refractivity contribution in [2.45, 2.75) is 24.4 Å². The van der Waals surface area contributed by atoms with Gasteiger partial charge in [0.1, 0.15) is 12.9 Å². The molecule has 6 nitrogen and oxygen atoms in total. The third-order valence-electron chi connectivity index (χ3n) is 4.83. The second-order valence-corrected chi connectivity index (χ2v) is 8.59. The van der Waals surface area contributed by atoms with Gasteiger partial charge in [0.25, 0.3) is 0 Å². The summed E-state index contributed by atoms with van der Waals surface area (Å²) in [6.45, 7) is 2.49. The second kappa shape index (κ2) is 11.0. The first-order valence-electron chi connectivity index (χ1n) is 10.3. The SMILES string of the molecule is COc1cccc(/C=N/n2cnnc2SCc2ccccc2Cl)c1OCc1cccc(C)c1. The van der Waals surface area contributed by atoms with E-state index < -0.39 is 0 Å². The lowest BCUT2D eigenvalue weighted by Gasteiger charge is -2.13. The van der Waals surface area contributed by atoms with E-state index in [9.17, 15) is 0 Å². The summed E-state index contributed by atoms with van der Waals surface area (Å²) in [5, 5.41) is 14.1. The predicted molar refractivity (Wildman–Crippen MR) is 133 cm³/mol. The lowest BCUT2D eigenvalue weighted by Crippen LogP contribution is -2.02. The zero-order valence-corrected chi connectivity index (χ0v) is 19.9. The van der Waals surface area contributed by atoms with Crippen molar-refractivity contribution >= 4 is 29.6 Å². The average Bonchev–Trinajstić information content (AvgIpc) is 3.28. The maximum Gasteiger partial charge on any atom is 0.212 e. The number of hydrogen-bond donors (Lipinski definition) is 0. The Hall–Kier alpha value is -3.29. The van der Waals surface area contributed by atoms with Crippen molar-refractivity contribution in [3.8, 4) is 11.5 Å². The Balaban J connectivity index is 1.51. The zero-order chi connectivity index (χ0) is 23.0. The van der Waals surface area contributed by atoms with Crippen LogP contribution in [0.2, 0.25) is 5.02 Å². The molecular weight excluding hydrogens is 456 g/mol. The van der Waals surface area contributed by atoms with Crippen molar-refractivity contribution in [1.29, 1.82) is 0 Å². The molecule has 0 unspecified atom stereocenters. The molecule has 0 spiro atoms. The second-order valence-electron chi connectivity index (χ2n) is 7.24. The van der Waals surface area contributed by atoms with Crippen LogP contribution < -0.4 is 9.47 Å². The van der Waals surface area contributed by atoms with Gasteiger partial charge in [0.2, 0.25) is 5.16 Å². The topological polar surface area (TPSA) is 61.5 Å². The fourth-order valence-corrected chi connectivity index (χ4v) is 4.33. The fourth-order valence-electron chi connectivity index (χ4n) is 3.18. The Morgan fingerprint density at radius 3 is 2.76 bits per heavy atom. The minimum absolute atomic E-state index is 0.425. The van der Waals surface area contributed by atoms with Gasteiger partial charge in [-0.2, -0.15) is 9.78 Å². The summed E-state index contributed by atoms with van der Waals surface area (Å²) in [5.74, 6) is 1.94. The van der Waals surface area contributed by atoms with Gasteiger partial charge in [0.05, 0.1) is 13.3 Å². The highest BCUT2D eigenvalue weighted by Gasteiger charge is 2.11. The number of hydrogen-bond acceptors (Lipinski definition) is 6. The quantitative estimate of drug-likeness (QED) is 0.218. The highest BCUT2D eigenvalue weighted by Crippen LogP contribution is 2.31. The van der Waals surface area contributed by atoms with E-state index in [1.54, 1.807) is 24.3 Å². The van der Waals surface area contributed by atoms with Crippen LogP contribution in [-0.4, -0.2) is 28.2 Å². The number of rotatable bonds is 9. The largest absolute Gasteiger partial charge is 0.493 e. The van der Waals surface area contributed by atoms with Crippen LogP contribution in [0.3, 0.4) is 0 Å². The van der Waals surface area contributed by atoms with Crippen molar-refractivity contribution in [1.82, 2.24) is 14.9 Å². The first kappa shape index (κ1) is 22.9. The molecule has 3 aromatic carbocycles. The van der Waals surface area contributed by atoms with E-state index in [0.717, 1.165) is 21.7 Å². The van der Waals surface area contributed by atoms with Crippen LogP contribution in [0, 0.1) is 6.92 Å². The third-order valence-corrected chi connectivity index (χ3v) is 6.18. The van der Waals surface area contributed by atoms with E-state index in [2.05, 4.69) is 34.4 Å². The van der Waals surface area contributed by atoms with Crippen LogP contribution in [0.1, 0.15) is 22.3 Å². The van der Waals surface area contributed by atoms with Gasteiger partial charge in [-0.05, 0) is 36.2 Å². The molecule has 0 amide bonds. The average molecular weight is 479 g/mol. The van der Waals surface area contributed by atoms with Crippen molar-refractivity contribution < 1.29 is 9.47 Å². The van der Waals surface area contributed by atoms with E-state index in [1.807, 2.05) is 54.6 Å². The number of thioether (sulfide) groups is 1. The summed E-state index contributed by atoms with van der Waals surface area (Å²) in [4.78, 5) is 0. The van der Waals surface area contributed by atoms with Gasteiger partial charge in [-0.25, -0.2) is 0 Å². The predicted octanol–water partition coefficient (Wildman–Crippen LogP) is 6.00. The molecule has 0 aliphatic heterocycles. The fraction of sp³-hybridized carbons (Fsp3) is 0.160. The van der Waals surface area contributed by atoms with Gasteiger partial charge in [0, 0.05) is 16.3 Å². The number of para-hydroxylation sites is 1. The molecule has 4 rings (SSSR count). The molecular formula is C25H23ClN4O2S. The molecule has 0 atom stereocenters. The number of benzene rings is 3. The Labute approximate surface area is 202 Å². The Morgan fingerprint density at radius 1 is 1.09 bits per heavy atom. The lowest BCUT2D eigenvalue weighted by molar-refractivity contribution is 0.284. The normalized spacial score (nSPS) is 11.1. The highest BCUT2D eigenvalue weighted by molar-refractivity contribution is 7.98. The van der Waals surface area contributed by atoms with Crippen molar-refractivity contribution in [2.24, 2.45) is 5.10 Å². The van der Waals surface area contributed by atoms with E-state index >= 15 is 0 Å². The van der Waals surface area contributed by atoms with Crippen LogP contribution in [0.25, 0.3) is 0 Å². The monoisotopic (exact) mass is 478 g/mol. The Kier molecular flexibility index (Phi) is 7.65. The van der Waals surface area contributed by atoms with Crippen LogP contribution >= 0.6 is 23.4 Å². The van der Waals surface area contributed by atoms with E-state index in [4.69, 9.17) is 21.1 Å². The molecule has 0 saturated heterocycles. The minimum atomic E-state index is 0.425. The number of aryl methyl sites for hydroxylation is 1. The molecule has 168 valence electrons. The van der Waals surface area contributed by atoms with Crippen molar-refractivity contribution in [2.75, 3.05) is 7.11 Å². The molecule has 0 fully saturated rings. The Morgan fingerprint density at radius 2 is 1.94 bits per heavy atom. The Bertz CT molecular complexity index is 1260. The van der Waals surface area contributed by atoms with Crippen LogP contribution in [0.15, 0.2) is 83.3 Å². The number of methoxy groups -OCH3 is 1. The molecule has 0 bridgehead atoms. The molecule has 0 radical (unpaired) electrons. The van der Waals surface area contributed by atoms with Gasteiger partial charge in [-0.3, -0.25) is 0 Å². The minimum Gasteiger partial charge on any atom is -0.493 e. The maximum absolute atomic E-state index is 6.26. The molecule has 1 heterocycles. The summed E-state index contributed by atoms with van der Waals surface area (Å²) < 4.78 is 13.3. The summed E-state index contributed by atoms with van der Waals surface area (Å²) in [6, 6.07) is 21.7. The van der Waals surface area contributed by atoms with Gasteiger partial charge in [-0.1, -0.05) is 77.5 Å². The smallest absolute Gasteiger partial charge is 0.212 e. The maximum atomic E-state index is 6.26. The number of aromatic nitrogens is 3. The first-order valence-corrected chi connectivity index (χ1v) is 11.7. The standard InChI is InChI=1S/C25H23ClN4O2S/c1-18-7-5-8-19(13-18)15-32-24-20(10-6-12-23(24)31-2)14-28-30-17-27-29-25(30)33-16-21-9-3-4-11-22(21)26/h3-14,17H,15-16H2,1-2H3/b28-14+. The zero-order valence-electron chi connectivity index (χ0n) is 18.3. The lowest BCUT2D eigenvalue weighted by atomic mass is 10.1. The van der Waals surface area contributed by atoms with Gasteiger partial charge >= 0.3 is 0 Å². The molecule has 4 aromatic rings. The number of halogens is 1. The summed E-state index contributed by atoms with van der Waals surface area (Å²) in [5.41, 5.74) is 4.09. The molecule has 1 aromatic heterocycles. The summed E-state index contributed by atoms with van der Waals surface area (Å²) in [6.07, 6.45) is 3.29. The van der Waals surface area contributed by atoms with Gasteiger partial charge < -0.3 is 9.47 Å². The highest BCUT2D eigenvalue weighted by atomic mass is 35.5. The van der Waals surface area contributed by atoms with Crippen LogP contribution in [0.4, 0.5) is 0 Å². The van der Waals surface area contributed by atoms with Crippen LogP contribution in [-0.2, 0) is 12.4 Å². The first-order chi connectivity index (χ1) is 16.1. The molecule has 8 heteroatoms. The van der Waals surface area contributed by atoms with Gasteiger partial charge in [-0.15, -0.1) is 10.2 Å². The summed E-state index contributed by atoms with van der Waals surface area (Å²) in [7, 11) is 1.62. The van der Waals surface area contributed by atoms with E-state index in [-0.39, 0.29) is 0 Å². The van der Waals surface area contributed by atoms with E-state index in [1.165, 1.54) is 17.3 Å². The number of ether oxygens (including phenoxy) is 2. The summed E-state index contributed by atoms with van der Waals surface area (Å²) >= 11 is 7.77. The van der Waals surface area contributed by atoms with Gasteiger partial charge in [0.15, 0.2) is 11.5 Å². The molecule has 0 saturated carbocycles.